The molecule has 2 aliphatic rings. The van der Waals surface area contributed by atoms with Crippen LogP contribution in [0.1, 0.15) is 39.4 Å². The number of allylic oxidation sites excluding steroid dienone is 1. The van der Waals surface area contributed by atoms with Crippen molar-refractivity contribution < 1.29 is 38.0 Å². The number of esters is 1. The average Bonchev–Trinajstić information content (AvgIpc) is 3.22. The second-order valence-corrected chi connectivity index (χ2v) is 8.25. The highest BCUT2D eigenvalue weighted by molar-refractivity contribution is 6.15. The van der Waals surface area contributed by atoms with Crippen molar-refractivity contribution in [1.82, 2.24) is 0 Å². The van der Waals surface area contributed by atoms with Crippen LogP contribution in [0.2, 0.25) is 0 Å². The fourth-order valence-electron chi connectivity index (χ4n) is 4.53. The second kappa shape index (κ2) is 9.30. The Labute approximate surface area is 207 Å². The third-order valence-electron chi connectivity index (χ3n) is 6.32. The molecule has 0 amide bonds. The number of fused-ring (bicyclic) bond motifs is 3. The highest BCUT2D eigenvalue weighted by Gasteiger charge is 2.38. The van der Waals surface area contributed by atoms with E-state index in [1.165, 1.54) is 21.3 Å². The van der Waals surface area contributed by atoms with Crippen LogP contribution < -0.4 is 28.4 Å². The molecule has 8 heteroatoms. The number of ketones is 1. The van der Waals surface area contributed by atoms with Gasteiger partial charge in [-0.2, -0.15) is 0 Å². The summed E-state index contributed by atoms with van der Waals surface area (Å²) in [5.74, 6) is 2.08. The Morgan fingerprint density at radius 3 is 2.17 bits per heavy atom. The number of benzene rings is 3. The number of hydrogen-bond donors (Lipinski definition) is 0. The van der Waals surface area contributed by atoms with E-state index in [4.69, 9.17) is 28.4 Å². The van der Waals surface area contributed by atoms with Crippen LogP contribution >= 0.6 is 0 Å². The molecule has 0 radical (unpaired) electrons. The van der Waals surface area contributed by atoms with E-state index in [1.54, 1.807) is 37.5 Å². The molecule has 8 nitrogen and oxygen atoms in total. The monoisotopic (exact) mass is 488 g/mol. The first-order valence-corrected chi connectivity index (χ1v) is 11.2. The third-order valence-corrected chi connectivity index (χ3v) is 6.32. The van der Waals surface area contributed by atoms with Gasteiger partial charge in [0.15, 0.2) is 17.3 Å². The van der Waals surface area contributed by atoms with Crippen LogP contribution in [0.5, 0.6) is 34.5 Å². The smallest absolute Gasteiger partial charge is 0.312 e. The zero-order valence-electron chi connectivity index (χ0n) is 20.2. The van der Waals surface area contributed by atoms with Crippen molar-refractivity contribution in [3.63, 3.8) is 0 Å². The van der Waals surface area contributed by atoms with Gasteiger partial charge in [-0.05, 0) is 42.0 Å². The molecular weight excluding hydrogens is 464 g/mol. The molecule has 0 saturated carbocycles. The van der Waals surface area contributed by atoms with Gasteiger partial charge in [-0.3, -0.25) is 9.59 Å². The zero-order valence-corrected chi connectivity index (χ0v) is 20.2. The Hall–Kier alpha value is -4.46. The van der Waals surface area contributed by atoms with Crippen LogP contribution in [-0.2, 0) is 4.79 Å². The molecule has 1 unspecified atom stereocenters. The van der Waals surface area contributed by atoms with E-state index in [9.17, 15) is 9.59 Å². The summed E-state index contributed by atoms with van der Waals surface area (Å²) in [4.78, 5) is 25.7. The van der Waals surface area contributed by atoms with Crippen LogP contribution in [0.25, 0.3) is 6.08 Å². The SMILES string of the molecule is COc1ccc(C2CC(=O)Oc3ccc4c(c32)O/C(=C/c2cc(OC)c(OC)cc2OC)C4=O)cc1. The molecule has 184 valence electrons. The van der Waals surface area contributed by atoms with Crippen LogP contribution in [0.4, 0.5) is 0 Å². The molecule has 2 heterocycles. The van der Waals surface area contributed by atoms with Gasteiger partial charge in [0.25, 0.3) is 0 Å². The Bertz CT molecular complexity index is 1390. The Kier molecular flexibility index (Phi) is 6.01. The maximum Gasteiger partial charge on any atom is 0.312 e. The van der Waals surface area contributed by atoms with E-state index in [0.717, 1.165) is 5.56 Å². The van der Waals surface area contributed by atoms with Gasteiger partial charge in [0.1, 0.15) is 23.0 Å². The maximum atomic E-state index is 13.3. The first kappa shape index (κ1) is 23.3. The third kappa shape index (κ3) is 3.90. The summed E-state index contributed by atoms with van der Waals surface area (Å²) in [6.07, 6.45) is 1.72. The van der Waals surface area contributed by atoms with Gasteiger partial charge >= 0.3 is 5.97 Å². The first-order valence-electron chi connectivity index (χ1n) is 11.2. The standard InChI is InChI=1S/C28H24O8/c1-31-17-7-5-15(6-8-17)19-13-25(29)35-20-10-9-18-27(30)24(36-28(18)26(19)20)12-16-11-22(33-3)23(34-4)14-21(16)32-2/h5-12,14,19H,13H2,1-4H3/b24-12+. The van der Waals surface area contributed by atoms with Gasteiger partial charge in [0, 0.05) is 23.1 Å². The lowest BCUT2D eigenvalue weighted by molar-refractivity contribution is -0.135. The van der Waals surface area contributed by atoms with Crippen molar-refractivity contribution in [3.05, 3.63) is 76.5 Å². The lowest BCUT2D eigenvalue weighted by atomic mass is 9.84. The molecule has 2 aliphatic heterocycles. The minimum Gasteiger partial charge on any atom is -0.497 e. The predicted octanol–water partition coefficient (Wildman–Crippen LogP) is 4.78. The van der Waals surface area contributed by atoms with Gasteiger partial charge in [-0.25, -0.2) is 0 Å². The van der Waals surface area contributed by atoms with Crippen molar-refractivity contribution in [2.75, 3.05) is 28.4 Å². The molecule has 36 heavy (non-hydrogen) atoms. The summed E-state index contributed by atoms with van der Waals surface area (Å²) in [5, 5.41) is 0. The van der Waals surface area contributed by atoms with Crippen LogP contribution in [0.3, 0.4) is 0 Å². The van der Waals surface area contributed by atoms with E-state index >= 15 is 0 Å². The molecule has 0 fully saturated rings. The quantitative estimate of drug-likeness (QED) is 0.278. The van der Waals surface area contributed by atoms with Gasteiger partial charge in [-0.1, -0.05) is 12.1 Å². The molecule has 3 aromatic carbocycles. The van der Waals surface area contributed by atoms with Crippen molar-refractivity contribution >= 4 is 17.8 Å². The largest absolute Gasteiger partial charge is 0.497 e. The fourth-order valence-corrected chi connectivity index (χ4v) is 4.53. The fraction of sp³-hybridized carbons (Fsp3) is 0.214. The normalized spacial score (nSPS) is 17.1. The molecule has 0 bridgehead atoms. The van der Waals surface area contributed by atoms with Crippen LogP contribution in [0, 0.1) is 0 Å². The van der Waals surface area contributed by atoms with E-state index in [0.29, 0.717) is 51.2 Å². The summed E-state index contributed by atoms with van der Waals surface area (Å²) in [6, 6.07) is 14.1. The second-order valence-electron chi connectivity index (χ2n) is 8.25. The molecule has 0 aliphatic carbocycles. The maximum absolute atomic E-state index is 13.3. The van der Waals surface area contributed by atoms with Gasteiger partial charge < -0.3 is 28.4 Å². The molecular formula is C28H24O8. The first-order chi connectivity index (χ1) is 17.5. The highest BCUT2D eigenvalue weighted by atomic mass is 16.5. The summed E-state index contributed by atoms with van der Waals surface area (Å²) < 4.78 is 33.2. The van der Waals surface area contributed by atoms with E-state index in [2.05, 4.69) is 0 Å². The molecule has 0 spiro atoms. The van der Waals surface area contributed by atoms with Gasteiger partial charge in [-0.15, -0.1) is 0 Å². The van der Waals surface area contributed by atoms with Gasteiger partial charge in [0.2, 0.25) is 5.78 Å². The lowest BCUT2D eigenvalue weighted by Crippen LogP contribution is -2.21. The molecule has 0 N–H and O–H groups in total. The molecule has 0 aromatic heterocycles. The van der Waals surface area contributed by atoms with E-state index in [-0.39, 0.29) is 29.9 Å². The number of hydrogen-bond acceptors (Lipinski definition) is 8. The predicted molar refractivity (Wildman–Crippen MR) is 131 cm³/mol. The number of Topliss-reactive ketones (excluding diaryl/α,β-unsaturated/α-hetero) is 1. The molecule has 5 rings (SSSR count). The van der Waals surface area contributed by atoms with Crippen molar-refractivity contribution in [2.45, 2.75) is 12.3 Å². The highest BCUT2D eigenvalue weighted by Crippen LogP contribution is 2.49. The van der Waals surface area contributed by atoms with Gasteiger partial charge in [0.05, 0.1) is 40.4 Å². The summed E-state index contributed by atoms with van der Waals surface area (Å²) >= 11 is 0. The number of ether oxygens (including phenoxy) is 6. The Balaban J connectivity index is 1.59. The Morgan fingerprint density at radius 1 is 0.806 bits per heavy atom. The van der Waals surface area contributed by atoms with Crippen molar-refractivity contribution in [3.8, 4) is 34.5 Å². The number of carbonyl (C=O) groups is 2. The van der Waals surface area contributed by atoms with Crippen LogP contribution in [0.15, 0.2) is 54.3 Å². The summed E-state index contributed by atoms with van der Waals surface area (Å²) in [5.41, 5.74) is 2.53. The lowest BCUT2D eigenvalue weighted by Gasteiger charge is -2.26. The van der Waals surface area contributed by atoms with Crippen molar-refractivity contribution in [2.24, 2.45) is 0 Å². The minimum absolute atomic E-state index is 0.120. The Morgan fingerprint density at radius 2 is 1.50 bits per heavy atom. The molecule has 0 saturated heterocycles. The molecule has 1 atom stereocenters. The zero-order chi connectivity index (χ0) is 25.4. The summed E-state index contributed by atoms with van der Waals surface area (Å²) in [7, 11) is 6.18. The van der Waals surface area contributed by atoms with Crippen LogP contribution in [-0.4, -0.2) is 40.2 Å². The number of methoxy groups -OCH3 is 4. The van der Waals surface area contributed by atoms with Crippen molar-refractivity contribution in [1.29, 1.82) is 0 Å². The number of carbonyl (C=O) groups excluding carboxylic acids is 2. The topological polar surface area (TPSA) is 89.5 Å². The average molecular weight is 488 g/mol. The minimum atomic E-state index is -0.349. The van der Waals surface area contributed by atoms with E-state index < -0.39 is 0 Å². The summed E-state index contributed by atoms with van der Waals surface area (Å²) in [6.45, 7) is 0. The number of rotatable bonds is 6. The van der Waals surface area contributed by atoms with E-state index in [1.807, 2.05) is 24.3 Å². The molecule has 3 aromatic rings.